The number of nitrogens with zero attached hydrogens (tertiary/aromatic N) is 2. The van der Waals surface area contributed by atoms with Crippen molar-refractivity contribution in [3.05, 3.63) is 41.2 Å². The van der Waals surface area contributed by atoms with Crippen LogP contribution in [0.25, 0.3) is 0 Å². The number of hydrogen-bond donors (Lipinski definition) is 2. The topological polar surface area (TPSA) is 72.9 Å². The number of carbonyl (C=O) groups excluding carboxylic acids is 1. The zero-order chi connectivity index (χ0) is 15.4. The van der Waals surface area contributed by atoms with Crippen molar-refractivity contribution in [2.24, 2.45) is 12.8 Å². The van der Waals surface area contributed by atoms with Crippen LogP contribution in [0.1, 0.15) is 17.0 Å². The number of benzene rings is 1. The van der Waals surface area contributed by atoms with Gasteiger partial charge in [-0.05, 0) is 26.0 Å². The number of nitrogens with one attached hydrogen (secondary N) is 1. The lowest BCUT2D eigenvalue weighted by Gasteiger charge is -2.11. The van der Waals surface area contributed by atoms with Crippen LogP contribution in [0, 0.1) is 13.8 Å². The Morgan fingerprint density at radius 3 is 2.71 bits per heavy atom. The minimum absolute atomic E-state index is 0.281. The van der Waals surface area contributed by atoms with E-state index in [0.717, 1.165) is 22.0 Å². The predicted molar refractivity (Wildman–Crippen MR) is 86.4 cm³/mol. The summed E-state index contributed by atoms with van der Waals surface area (Å²) in [7, 11) is 1.95. The molecule has 0 aliphatic rings. The van der Waals surface area contributed by atoms with Crippen molar-refractivity contribution in [1.82, 2.24) is 9.78 Å². The Labute approximate surface area is 128 Å². The van der Waals surface area contributed by atoms with Crippen molar-refractivity contribution in [3.8, 4) is 0 Å². The standard InChI is InChI=1S/C15H20N4OS/c1-10-12(11(2)19(3)18-10)8-17-13-6-4-5-7-14(13)21-9-15(16)20/h4-7,17H,8-9H2,1-3H3,(H2,16,20). The van der Waals surface area contributed by atoms with Crippen molar-refractivity contribution in [1.29, 1.82) is 0 Å². The van der Waals surface area contributed by atoms with Crippen LogP contribution in [0.5, 0.6) is 0 Å². The zero-order valence-corrected chi connectivity index (χ0v) is 13.3. The highest BCUT2D eigenvalue weighted by molar-refractivity contribution is 8.00. The number of hydrogen-bond acceptors (Lipinski definition) is 4. The maximum atomic E-state index is 10.9. The lowest BCUT2D eigenvalue weighted by atomic mass is 10.2. The SMILES string of the molecule is Cc1nn(C)c(C)c1CNc1ccccc1SCC(N)=O. The van der Waals surface area contributed by atoms with Crippen LogP contribution < -0.4 is 11.1 Å². The minimum atomic E-state index is -0.311. The highest BCUT2D eigenvalue weighted by atomic mass is 32.2. The second-order valence-corrected chi connectivity index (χ2v) is 5.89. The number of primary amides is 1. The van der Waals surface area contributed by atoms with Crippen LogP contribution in [0.3, 0.4) is 0 Å². The Kier molecular flexibility index (Phi) is 4.90. The van der Waals surface area contributed by atoms with Gasteiger partial charge in [-0.25, -0.2) is 0 Å². The van der Waals surface area contributed by atoms with Crippen LogP contribution in [0.2, 0.25) is 0 Å². The van der Waals surface area contributed by atoms with Gasteiger partial charge in [0.2, 0.25) is 5.91 Å². The van der Waals surface area contributed by atoms with E-state index in [1.807, 2.05) is 42.9 Å². The molecule has 5 nitrogen and oxygen atoms in total. The number of aromatic nitrogens is 2. The minimum Gasteiger partial charge on any atom is -0.380 e. The van der Waals surface area contributed by atoms with E-state index in [9.17, 15) is 4.79 Å². The Balaban J connectivity index is 2.11. The molecule has 21 heavy (non-hydrogen) atoms. The highest BCUT2D eigenvalue weighted by Crippen LogP contribution is 2.27. The fourth-order valence-electron chi connectivity index (χ4n) is 2.14. The molecule has 0 spiro atoms. The van der Waals surface area contributed by atoms with Crippen LogP contribution >= 0.6 is 11.8 Å². The van der Waals surface area contributed by atoms with E-state index in [2.05, 4.69) is 17.3 Å². The maximum absolute atomic E-state index is 10.9. The van der Waals surface area contributed by atoms with Gasteiger partial charge in [0.15, 0.2) is 0 Å². The average molecular weight is 304 g/mol. The summed E-state index contributed by atoms with van der Waals surface area (Å²) in [5.74, 6) is -0.0300. The first kappa shape index (κ1) is 15.4. The van der Waals surface area contributed by atoms with Gasteiger partial charge >= 0.3 is 0 Å². The molecule has 1 aromatic carbocycles. The largest absolute Gasteiger partial charge is 0.380 e. The number of carbonyl (C=O) groups is 1. The van der Waals surface area contributed by atoms with Gasteiger partial charge < -0.3 is 11.1 Å². The van der Waals surface area contributed by atoms with Crippen molar-refractivity contribution < 1.29 is 4.79 Å². The monoisotopic (exact) mass is 304 g/mol. The van der Waals surface area contributed by atoms with Gasteiger partial charge in [0, 0.05) is 35.4 Å². The Hall–Kier alpha value is -1.95. The van der Waals surface area contributed by atoms with E-state index in [1.165, 1.54) is 17.3 Å². The fourth-order valence-corrected chi connectivity index (χ4v) is 2.91. The van der Waals surface area contributed by atoms with Gasteiger partial charge in [0.05, 0.1) is 11.4 Å². The second-order valence-electron chi connectivity index (χ2n) is 4.88. The number of anilines is 1. The number of para-hydroxylation sites is 1. The Bertz CT molecular complexity index is 651. The first-order valence-corrected chi connectivity index (χ1v) is 7.70. The number of thioether (sulfide) groups is 1. The summed E-state index contributed by atoms with van der Waals surface area (Å²) in [4.78, 5) is 11.9. The Morgan fingerprint density at radius 1 is 1.38 bits per heavy atom. The number of rotatable bonds is 6. The van der Waals surface area contributed by atoms with Crippen molar-refractivity contribution >= 4 is 23.4 Å². The molecule has 1 heterocycles. The average Bonchev–Trinajstić information content (AvgIpc) is 2.69. The molecule has 0 atom stereocenters. The third-order valence-corrected chi connectivity index (χ3v) is 4.47. The summed E-state index contributed by atoms with van der Waals surface area (Å²) in [5.41, 5.74) is 9.60. The molecule has 0 unspecified atom stereocenters. The molecule has 3 N–H and O–H groups in total. The molecule has 2 aromatic rings. The number of amides is 1. The molecule has 0 aliphatic heterocycles. The molecule has 1 aromatic heterocycles. The van der Waals surface area contributed by atoms with Crippen LogP contribution in [0.4, 0.5) is 5.69 Å². The molecule has 0 fully saturated rings. The molecule has 0 saturated carbocycles. The lowest BCUT2D eigenvalue weighted by molar-refractivity contribution is -0.115. The van der Waals surface area contributed by atoms with Crippen molar-refractivity contribution in [2.45, 2.75) is 25.3 Å². The smallest absolute Gasteiger partial charge is 0.227 e. The number of nitrogens with two attached hydrogens (primary N) is 1. The maximum Gasteiger partial charge on any atom is 0.227 e. The molecule has 1 amide bonds. The van der Waals surface area contributed by atoms with Crippen LogP contribution in [-0.4, -0.2) is 21.4 Å². The van der Waals surface area contributed by atoms with Gasteiger partial charge in [0.1, 0.15) is 0 Å². The molecule has 0 bridgehead atoms. The van der Waals surface area contributed by atoms with E-state index in [1.54, 1.807) is 0 Å². The third-order valence-electron chi connectivity index (χ3n) is 3.37. The molecule has 0 saturated heterocycles. The van der Waals surface area contributed by atoms with Crippen molar-refractivity contribution in [3.63, 3.8) is 0 Å². The first-order valence-electron chi connectivity index (χ1n) is 6.72. The van der Waals surface area contributed by atoms with E-state index in [4.69, 9.17) is 5.73 Å². The second kappa shape index (κ2) is 6.67. The summed E-state index contributed by atoms with van der Waals surface area (Å²) < 4.78 is 1.89. The summed E-state index contributed by atoms with van der Waals surface area (Å²) in [6, 6.07) is 7.91. The molecular formula is C15H20N4OS. The number of aryl methyl sites for hydroxylation is 2. The summed E-state index contributed by atoms with van der Waals surface area (Å²) in [6.07, 6.45) is 0. The van der Waals surface area contributed by atoms with Gasteiger partial charge in [-0.2, -0.15) is 5.10 Å². The van der Waals surface area contributed by atoms with Gasteiger partial charge in [-0.15, -0.1) is 11.8 Å². The van der Waals surface area contributed by atoms with Gasteiger partial charge in [0.25, 0.3) is 0 Å². The highest BCUT2D eigenvalue weighted by Gasteiger charge is 2.10. The van der Waals surface area contributed by atoms with Crippen molar-refractivity contribution in [2.75, 3.05) is 11.1 Å². The zero-order valence-electron chi connectivity index (χ0n) is 12.5. The summed E-state index contributed by atoms with van der Waals surface area (Å²) in [5, 5.41) is 7.84. The van der Waals surface area contributed by atoms with E-state index < -0.39 is 0 Å². The lowest BCUT2D eigenvalue weighted by Crippen LogP contribution is -2.13. The van der Waals surface area contributed by atoms with Crippen LogP contribution in [0.15, 0.2) is 29.2 Å². The fraction of sp³-hybridized carbons (Fsp3) is 0.333. The van der Waals surface area contributed by atoms with Crippen LogP contribution in [-0.2, 0) is 18.4 Å². The molecule has 112 valence electrons. The molecule has 6 heteroatoms. The summed E-state index contributed by atoms with van der Waals surface area (Å²) >= 11 is 1.45. The van der Waals surface area contributed by atoms with E-state index in [0.29, 0.717) is 6.54 Å². The predicted octanol–water partition coefficient (Wildman–Crippen LogP) is 2.23. The molecule has 0 radical (unpaired) electrons. The van der Waals surface area contributed by atoms with Gasteiger partial charge in [-0.1, -0.05) is 12.1 Å². The molecule has 2 rings (SSSR count). The molecule has 0 aliphatic carbocycles. The van der Waals surface area contributed by atoms with E-state index in [-0.39, 0.29) is 11.7 Å². The quantitative estimate of drug-likeness (QED) is 0.803. The molecular weight excluding hydrogens is 284 g/mol. The normalized spacial score (nSPS) is 10.6. The first-order chi connectivity index (χ1) is 9.99. The summed E-state index contributed by atoms with van der Waals surface area (Å²) in [6.45, 7) is 4.78. The van der Waals surface area contributed by atoms with E-state index >= 15 is 0 Å². The van der Waals surface area contributed by atoms with Gasteiger partial charge in [-0.3, -0.25) is 9.48 Å². The third kappa shape index (κ3) is 3.78. The Morgan fingerprint density at radius 2 is 2.10 bits per heavy atom.